The van der Waals surface area contributed by atoms with Gasteiger partial charge in [0.15, 0.2) is 0 Å². The Labute approximate surface area is 118 Å². The van der Waals surface area contributed by atoms with Crippen LogP contribution < -0.4 is 5.32 Å². The van der Waals surface area contributed by atoms with Crippen molar-refractivity contribution in [1.29, 1.82) is 0 Å². The summed E-state index contributed by atoms with van der Waals surface area (Å²) in [4.78, 5) is 4.28. The number of rotatable bonds is 3. The topological polar surface area (TPSA) is 29.9 Å². The number of aryl methyl sites for hydroxylation is 1. The summed E-state index contributed by atoms with van der Waals surface area (Å²) >= 11 is 0. The Morgan fingerprint density at radius 2 is 2.30 bits per heavy atom. The van der Waals surface area contributed by atoms with Gasteiger partial charge in [-0.05, 0) is 50.4 Å². The molecule has 2 atom stereocenters. The highest BCUT2D eigenvalue weighted by Gasteiger charge is 2.22. The van der Waals surface area contributed by atoms with Crippen LogP contribution in [0, 0.1) is 12.7 Å². The third kappa shape index (κ3) is 2.36. The van der Waals surface area contributed by atoms with E-state index in [1.165, 1.54) is 12.1 Å². The summed E-state index contributed by atoms with van der Waals surface area (Å²) in [6.07, 6.45) is 6.10. The highest BCUT2D eigenvalue weighted by molar-refractivity contribution is 5.27. The summed E-state index contributed by atoms with van der Waals surface area (Å²) < 4.78 is 15.9. The molecule has 0 spiro atoms. The van der Waals surface area contributed by atoms with Crippen molar-refractivity contribution in [3.05, 3.63) is 53.4 Å². The number of benzene rings is 1. The van der Waals surface area contributed by atoms with Gasteiger partial charge in [0.05, 0.1) is 18.1 Å². The maximum Gasteiger partial charge on any atom is 0.126 e. The van der Waals surface area contributed by atoms with Crippen molar-refractivity contribution >= 4 is 0 Å². The molecule has 0 amide bonds. The van der Waals surface area contributed by atoms with Crippen LogP contribution in [-0.4, -0.2) is 16.1 Å². The molecule has 2 heterocycles. The second kappa shape index (κ2) is 5.37. The average molecular weight is 273 g/mol. The van der Waals surface area contributed by atoms with Crippen LogP contribution in [0.5, 0.6) is 0 Å². The average Bonchev–Trinajstić information content (AvgIpc) is 3.10. The molecule has 3 rings (SSSR count). The van der Waals surface area contributed by atoms with E-state index in [9.17, 15) is 4.39 Å². The maximum absolute atomic E-state index is 13.7. The molecule has 0 bridgehead atoms. The minimum Gasteiger partial charge on any atom is -0.326 e. The molecule has 2 aromatic rings. The van der Waals surface area contributed by atoms with Gasteiger partial charge in [0.1, 0.15) is 5.82 Å². The first-order valence-corrected chi connectivity index (χ1v) is 7.18. The number of hydrogen-bond acceptors (Lipinski definition) is 2. The summed E-state index contributed by atoms with van der Waals surface area (Å²) in [7, 11) is 0. The van der Waals surface area contributed by atoms with Gasteiger partial charge in [0, 0.05) is 12.2 Å². The third-order valence-corrected chi connectivity index (χ3v) is 4.21. The molecule has 0 radical (unpaired) electrons. The molecule has 1 aliphatic rings. The molecular formula is C16H20FN3. The first-order chi connectivity index (χ1) is 9.66. The van der Waals surface area contributed by atoms with Gasteiger partial charge < -0.3 is 9.88 Å². The number of aromatic nitrogens is 2. The van der Waals surface area contributed by atoms with E-state index in [0.29, 0.717) is 11.6 Å². The Kier molecular flexibility index (Phi) is 3.57. The molecule has 1 aliphatic heterocycles. The number of nitrogens with one attached hydrogen (secondary N) is 1. The predicted molar refractivity (Wildman–Crippen MR) is 77.2 cm³/mol. The van der Waals surface area contributed by atoms with Crippen LogP contribution in [0.2, 0.25) is 0 Å². The van der Waals surface area contributed by atoms with E-state index < -0.39 is 0 Å². The second-order valence-electron chi connectivity index (χ2n) is 5.56. The van der Waals surface area contributed by atoms with Crippen molar-refractivity contribution < 1.29 is 4.39 Å². The fourth-order valence-corrected chi connectivity index (χ4v) is 2.87. The molecular weight excluding hydrogens is 253 g/mol. The molecule has 4 heteroatoms. The molecule has 1 fully saturated rings. The number of nitrogens with zero attached hydrogens (tertiary/aromatic N) is 2. The molecule has 1 aromatic carbocycles. The van der Waals surface area contributed by atoms with Crippen molar-refractivity contribution in [3.63, 3.8) is 0 Å². The van der Waals surface area contributed by atoms with E-state index in [1.807, 2.05) is 24.7 Å². The van der Waals surface area contributed by atoms with E-state index >= 15 is 0 Å². The summed E-state index contributed by atoms with van der Waals surface area (Å²) in [5, 5.41) is 3.49. The Hall–Kier alpha value is -1.68. The summed E-state index contributed by atoms with van der Waals surface area (Å²) in [6.45, 7) is 4.93. The Morgan fingerprint density at radius 3 is 3.00 bits per heavy atom. The zero-order chi connectivity index (χ0) is 14.1. The van der Waals surface area contributed by atoms with Crippen LogP contribution in [-0.2, 0) is 0 Å². The van der Waals surface area contributed by atoms with E-state index in [-0.39, 0.29) is 11.9 Å². The van der Waals surface area contributed by atoms with Gasteiger partial charge in [0.25, 0.3) is 0 Å². The summed E-state index contributed by atoms with van der Waals surface area (Å²) in [5.41, 5.74) is 2.85. The van der Waals surface area contributed by atoms with Gasteiger partial charge in [-0.2, -0.15) is 0 Å². The summed E-state index contributed by atoms with van der Waals surface area (Å²) in [6, 6.07) is 5.92. The molecule has 1 aromatic heterocycles. The first-order valence-electron chi connectivity index (χ1n) is 7.18. The van der Waals surface area contributed by atoms with Crippen LogP contribution in [0.25, 0.3) is 0 Å². The lowest BCUT2D eigenvalue weighted by Crippen LogP contribution is -2.19. The second-order valence-corrected chi connectivity index (χ2v) is 5.56. The minimum atomic E-state index is -0.144. The SMILES string of the molecule is Cc1ccc(C(C)n2cncc2[C@@H]2CCCN2)cc1F. The van der Waals surface area contributed by atoms with Crippen molar-refractivity contribution in [1.82, 2.24) is 14.9 Å². The first kappa shape index (κ1) is 13.3. The highest BCUT2D eigenvalue weighted by atomic mass is 19.1. The van der Waals surface area contributed by atoms with Crippen LogP contribution in [0.3, 0.4) is 0 Å². The van der Waals surface area contributed by atoms with Gasteiger partial charge in [-0.1, -0.05) is 12.1 Å². The molecule has 20 heavy (non-hydrogen) atoms. The highest BCUT2D eigenvalue weighted by Crippen LogP contribution is 2.28. The molecule has 0 aliphatic carbocycles. The zero-order valence-corrected chi connectivity index (χ0v) is 11.9. The molecule has 0 saturated carbocycles. The van der Waals surface area contributed by atoms with E-state index in [0.717, 1.165) is 18.5 Å². The van der Waals surface area contributed by atoms with Gasteiger partial charge in [-0.15, -0.1) is 0 Å². The molecule has 1 unspecified atom stereocenters. The quantitative estimate of drug-likeness (QED) is 0.929. The van der Waals surface area contributed by atoms with Crippen LogP contribution in [0.1, 0.15) is 48.7 Å². The van der Waals surface area contributed by atoms with Gasteiger partial charge in [-0.25, -0.2) is 9.37 Å². The van der Waals surface area contributed by atoms with E-state index in [1.54, 1.807) is 13.0 Å². The standard InChI is InChI=1S/C16H20FN3/c1-11-5-6-13(8-14(11)17)12(2)20-10-18-9-16(20)15-4-3-7-19-15/h5-6,8-10,12,15,19H,3-4,7H2,1-2H3/t12?,15-/m0/s1. The Bertz CT molecular complexity index is 600. The number of imidazole rings is 1. The maximum atomic E-state index is 13.7. The Balaban J connectivity index is 1.92. The van der Waals surface area contributed by atoms with Crippen LogP contribution in [0.15, 0.2) is 30.7 Å². The lowest BCUT2D eigenvalue weighted by Gasteiger charge is -2.20. The number of hydrogen-bond donors (Lipinski definition) is 1. The van der Waals surface area contributed by atoms with E-state index in [4.69, 9.17) is 0 Å². The largest absolute Gasteiger partial charge is 0.326 e. The fraction of sp³-hybridized carbons (Fsp3) is 0.438. The molecule has 106 valence electrons. The van der Waals surface area contributed by atoms with Crippen molar-refractivity contribution in [2.24, 2.45) is 0 Å². The zero-order valence-electron chi connectivity index (χ0n) is 11.9. The van der Waals surface area contributed by atoms with Gasteiger partial charge >= 0.3 is 0 Å². The smallest absolute Gasteiger partial charge is 0.126 e. The molecule has 1 saturated heterocycles. The monoisotopic (exact) mass is 273 g/mol. The number of halogens is 1. The van der Waals surface area contributed by atoms with Crippen molar-refractivity contribution in [2.45, 2.75) is 38.8 Å². The molecule has 3 nitrogen and oxygen atoms in total. The normalized spacial score (nSPS) is 20.2. The summed E-state index contributed by atoms with van der Waals surface area (Å²) in [5.74, 6) is -0.144. The van der Waals surface area contributed by atoms with Crippen LogP contribution in [0.4, 0.5) is 4.39 Å². The lowest BCUT2D eigenvalue weighted by atomic mass is 10.0. The van der Waals surface area contributed by atoms with Crippen molar-refractivity contribution in [3.8, 4) is 0 Å². The third-order valence-electron chi connectivity index (χ3n) is 4.21. The van der Waals surface area contributed by atoms with Gasteiger partial charge in [-0.3, -0.25) is 0 Å². The van der Waals surface area contributed by atoms with Gasteiger partial charge in [0.2, 0.25) is 0 Å². The minimum absolute atomic E-state index is 0.0880. The molecule has 1 N–H and O–H groups in total. The van der Waals surface area contributed by atoms with Crippen LogP contribution >= 0.6 is 0 Å². The lowest BCUT2D eigenvalue weighted by molar-refractivity contribution is 0.534. The Morgan fingerprint density at radius 1 is 1.45 bits per heavy atom. The predicted octanol–water partition coefficient (Wildman–Crippen LogP) is 3.36. The van der Waals surface area contributed by atoms with E-state index in [2.05, 4.69) is 21.8 Å². The van der Waals surface area contributed by atoms with Crippen molar-refractivity contribution in [2.75, 3.05) is 6.54 Å². The fourth-order valence-electron chi connectivity index (χ4n) is 2.87.